The van der Waals surface area contributed by atoms with Gasteiger partial charge in [-0.1, -0.05) is 32.9 Å². The predicted molar refractivity (Wildman–Crippen MR) is 90.4 cm³/mol. The van der Waals surface area contributed by atoms with E-state index in [9.17, 15) is 9.59 Å². The van der Waals surface area contributed by atoms with Gasteiger partial charge in [0.15, 0.2) is 12.4 Å². The molecule has 6 nitrogen and oxygen atoms in total. The Kier molecular flexibility index (Phi) is 5.39. The first-order chi connectivity index (χ1) is 11.3. The Labute approximate surface area is 141 Å². The van der Waals surface area contributed by atoms with Gasteiger partial charge in [0, 0.05) is 23.5 Å². The highest BCUT2D eigenvalue weighted by atomic mass is 16.5. The van der Waals surface area contributed by atoms with E-state index >= 15 is 0 Å². The summed E-state index contributed by atoms with van der Waals surface area (Å²) in [6.07, 6.45) is 0.455. The lowest BCUT2D eigenvalue weighted by atomic mass is 9.92. The summed E-state index contributed by atoms with van der Waals surface area (Å²) in [6, 6.07) is 8.41. The number of ketones is 1. The monoisotopic (exact) mass is 330 g/mol. The number of ether oxygens (including phenoxy) is 1. The van der Waals surface area contributed by atoms with Crippen molar-refractivity contribution in [2.45, 2.75) is 39.5 Å². The van der Waals surface area contributed by atoms with Crippen molar-refractivity contribution in [1.82, 2.24) is 5.16 Å². The Morgan fingerprint density at radius 2 is 1.88 bits per heavy atom. The van der Waals surface area contributed by atoms with Crippen LogP contribution in [0.2, 0.25) is 0 Å². The second-order valence-electron chi connectivity index (χ2n) is 6.46. The molecule has 6 heteroatoms. The number of nitrogens with one attached hydrogen (secondary N) is 1. The summed E-state index contributed by atoms with van der Waals surface area (Å²) in [4.78, 5) is 23.4. The highest BCUT2D eigenvalue weighted by Crippen LogP contribution is 2.23. The molecule has 24 heavy (non-hydrogen) atoms. The minimum Gasteiger partial charge on any atom is -0.484 e. The summed E-state index contributed by atoms with van der Waals surface area (Å²) < 4.78 is 10.5. The predicted octanol–water partition coefficient (Wildman–Crippen LogP) is 3.58. The summed E-state index contributed by atoms with van der Waals surface area (Å²) >= 11 is 0. The molecule has 0 aliphatic carbocycles. The Bertz CT molecular complexity index is 711. The van der Waals surface area contributed by atoms with Crippen LogP contribution in [-0.2, 0) is 10.2 Å². The number of carbonyl (C=O) groups is 2. The largest absolute Gasteiger partial charge is 0.484 e. The van der Waals surface area contributed by atoms with Crippen LogP contribution in [0.25, 0.3) is 0 Å². The molecule has 0 radical (unpaired) electrons. The molecule has 1 aromatic carbocycles. The van der Waals surface area contributed by atoms with Crippen LogP contribution in [0.5, 0.6) is 5.75 Å². The minimum absolute atomic E-state index is 0.0688. The molecular formula is C18H22N2O4. The van der Waals surface area contributed by atoms with Crippen LogP contribution in [0.3, 0.4) is 0 Å². The molecule has 0 saturated heterocycles. The third kappa shape index (κ3) is 4.68. The molecule has 0 saturated carbocycles. The number of amides is 1. The van der Waals surface area contributed by atoms with Crippen molar-refractivity contribution in [3.05, 3.63) is 41.6 Å². The summed E-state index contributed by atoms with van der Waals surface area (Å²) in [5.41, 5.74) is 1.24. The standard InChI is InChI=1S/C18H22N2O4/c1-5-14(21)12-6-8-13(9-7-12)23-11-16(22)19-17-10-15(20-24-17)18(2,3)4/h6-10H,5,11H2,1-4H3,(H,19,22). The third-order valence-electron chi connectivity index (χ3n) is 3.41. The van der Waals surface area contributed by atoms with Crippen molar-refractivity contribution in [2.24, 2.45) is 0 Å². The van der Waals surface area contributed by atoms with Gasteiger partial charge in [0.05, 0.1) is 5.69 Å². The normalized spacial score (nSPS) is 11.2. The SMILES string of the molecule is CCC(=O)c1ccc(OCC(=O)Nc2cc(C(C)(C)C)no2)cc1. The van der Waals surface area contributed by atoms with Crippen LogP contribution in [0.4, 0.5) is 5.88 Å². The van der Waals surface area contributed by atoms with Gasteiger partial charge in [-0.05, 0) is 24.3 Å². The second-order valence-corrected chi connectivity index (χ2v) is 6.46. The zero-order valence-electron chi connectivity index (χ0n) is 14.4. The van der Waals surface area contributed by atoms with Crippen LogP contribution in [0.1, 0.15) is 50.2 Å². The van der Waals surface area contributed by atoms with Gasteiger partial charge in [-0.15, -0.1) is 0 Å². The summed E-state index contributed by atoms with van der Waals surface area (Å²) in [5.74, 6) is 0.530. The fraction of sp³-hybridized carbons (Fsp3) is 0.389. The first-order valence-electron chi connectivity index (χ1n) is 7.82. The van der Waals surface area contributed by atoms with E-state index in [1.807, 2.05) is 27.7 Å². The highest BCUT2D eigenvalue weighted by molar-refractivity contribution is 5.96. The first-order valence-corrected chi connectivity index (χ1v) is 7.82. The molecule has 0 unspecified atom stereocenters. The van der Waals surface area contributed by atoms with Crippen LogP contribution in [0.15, 0.2) is 34.9 Å². The molecule has 0 atom stereocenters. The number of anilines is 1. The van der Waals surface area contributed by atoms with Crippen molar-refractivity contribution in [1.29, 1.82) is 0 Å². The van der Waals surface area contributed by atoms with E-state index in [0.717, 1.165) is 5.69 Å². The molecular weight excluding hydrogens is 308 g/mol. The zero-order chi connectivity index (χ0) is 17.7. The number of nitrogens with zero attached hydrogens (tertiary/aromatic N) is 1. The highest BCUT2D eigenvalue weighted by Gasteiger charge is 2.19. The van der Waals surface area contributed by atoms with Crippen LogP contribution < -0.4 is 10.1 Å². The Morgan fingerprint density at radius 1 is 1.21 bits per heavy atom. The second kappa shape index (κ2) is 7.29. The van der Waals surface area contributed by atoms with Crippen LogP contribution >= 0.6 is 0 Å². The molecule has 1 amide bonds. The van der Waals surface area contributed by atoms with E-state index in [1.54, 1.807) is 30.3 Å². The van der Waals surface area contributed by atoms with Crippen molar-refractivity contribution >= 4 is 17.6 Å². The van der Waals surface area contributed by atoms with Crippen molar-refractivity contribution in [2.75, 3.05) is 11.9 Å². The van der Waals surface area contributed by atoms with Crippen LogP contribution in [-0.4, -0.2) is 23.5 Å². The number of rotatable bonds is 6. The molecule has 1 aromatic heterocycles. The summed E-state index contributed by atoms with van der Waals surface area (Å²) in [6.45, 7) is 7.67. The number of carbonyl (C=O) groups excluding carboxylic acids is 2. The Balaban J connectivity index is 1.87. The van der Waals surface area contributed by atoms with Gasteiger partial charge < -0.3 is 9.26 Å². The fourth-order valence-corrected chi connectivity index (χ4v) is 1.95. The maximum absolute atomic E-state index is 11.9. The topological polar surface area (TPSA) is 81.4 Å². The molecule has 0 aliphatic rings. The van der Waals surface area contributed by atoms with Gasteiger partial charge >= 0.3 is 0 Å². The van der Waals surface area contributed by atoms with Gasteiger partial charge in [-0.2, -0.15) is 0 Å². The molecule has 0 aliphatic heterocycles. The first kappa shape index (κ1) is 17.7. The van der Waals surface area contributed by atoms with E-state index in [-0.39, 0.29) is 29.6 Å². The number of hydrogen-bond donors (Lipinski definition) is 1. The van der Waals surface area contributed by atoms with E-state index in [0.29, 0.717) is 17.7 Å². The number of Topliss-reactive ketones (excluding diaryl/α,β-unsaturated/α-hetero) is 1. The van der Waals surface area contributed by atoms with Gasteiger partial charge in [-0.25, -0.2) is 0 Å². The Hall–Kier alpha value is -2.63. The van der Waals surface area contributed by atoms with Gasteiger partial charge in [0.1, 0.15) is 5.75 Å². The summed E-state index contributed by atoms with van der Waals surface area (Å²) in [5, 5.41) is 6.53. The van der Waals surface area contributed by atoms with Crippen molar-refractivity contribution in [3.63, 3.8) is 0 Å². The molecule has 1 heterocycles. The van der Waals surface area contributed by atoms with Gasteiger partial charge in [0.2, 0.25) is 5.88 Å². The van der Waals surface area contributed by atoms with E-state index in [4.69, 9.17) is 9.26 Å². The molecule has 1 N–H and O–H groups in total. The average Bonchev–Trinajstić information content (AvgIpc) is 3.01. The van der Waals surface area contributed by atoms with E-state index in [1.165, 1.54) is 0 Å². The van der Waals surface area contributed by atoms with E-state index in [2.05, 4.69) is 10.5 Å². The summed E-state index contributed by atoms with van der Waals surface area (Å²) in [7, 11) is 0. The molecule has 0 bridgehead atoms. The molecule has 2 aromatic rings. The van der Waals surface area contributed by atoms with Crippen LogP contribution in [0, 0.1) is 0 Å². The molecule has 2 rings (SSSR count). The maximum Gasteiger partial charge on any atom is 0.264 e. The lowest BCUT2D eigenvalue weighted by Gasteiger charge is -2.12. The number of hydrogen-bond acceptors (Lipinski definition) is 5. The average molecular weight is 330 g/mol. The smallest absolute Gasteiger partial charge is 0.264 e. The van der Waals surface area contributed by atoms with E-state index < -0.39 is 0 Å². The maximum atomic E-state index is 11.9. The number of aromatic nitrogens is 1. The molecule has 0 spiro atoms. The fourth-order valence-electron chi connectivity index (χ4n) is 1.95. The molecule has 0 fully saturated rings. The lowest BCUT2D eigenvalue weighted by Crippen LogP contribution is -2.20. The zero-order valence-corrected chi connectivity index (χ0v) is 14.4. The minimum atomic E-state index is -0.347. The third-order valence-corrected chi connectivity index (χ3v) is 3.41. The van der Waals surface area contributed by atoms with Gasteiger partial charge in [0.25, 0.3) is 5.91 Å². The lowest BCUT2D eigenvalue weighted by molar-refractivity contribution is -0.118. The van der Waals surface area contributed by atoms with Crippen molar-refractivity contribution in [3.8, 4) is 5.75 Å². The quantitative estimate of drug-likeness (QED) is 0.819. The van der Waals surface area contributed by atoms with Gasteiger partial charge in [-0.3, -0.25) is 14.9 Å². The number of benzene rings is 1. The van der Waals surface area contributed by atoms with Crippen molar-refractivity contribution < 1.29 is 18.8 Å². The molecule has 128 valence electrons. The Morgan fingerprint density at radius 3 is 2.42 bits per heavy atom.